The average molecular weight is 560 g/mol. The van der Waals surface area contributed by atoms with Crippen molar-refractivity contribution in [1.29, 1.82) is 0 Å². The van der Waals surface area contributed by atoms with Crippen LogP contribution < -0.4 is 10.2 Å². The second-order valence-electron chi connectivity index (χ2n) is 6.92. The van der Waals surface area contributed by atoms with Gasteiger partial charge in [0.25, 0.3) is 11.8 Å². The van der Waals surface area contributed by atoms with Gasteiger partial charge in [0.1, 0.15) is 12.4 Å². The number of hydrogen-bond donors (Lipinski definition) is 1. The number of rotatable bonds is 6. The Morgan fingerprint density at radius 2 is 1.88 bits per heavy atom. The van der Waals surface area contributed by atoms with Gasteiger partial charge in [0.05, 0.1) is 4.91 Å². The van der Waals surface area contributed by atoms with Gasteiger partial charge in [0, 0.05) is 20.6 Å². The van der Waals surface area contributed by atoms with Gasteiger partial charge in [0.15, 0.2) is 4.32 Å². The van der Waals surface area contributed by atoms with Crippen molar-refractivity contribution in [3.8, 4) is 5.75 Å². The highest BCUT2D eigenvalue weighted by Crippen LogP contribution is 2.32. The number of halogens is 2. The van der Waals surface area contributed by atoms with Gasteiger partial charge in [-0.3, -0.25) is 15.0 Å². The summed E-state index contributed by atoms with van der Waals surface area (Å²) in [6, 6.07) is 21.6. The lowest BCUT2D eigenvalue weighted by atomic mass is 10.2. The first-order valence-corrected chi connectivity index (χ1v) is 12.1. The van der Waals surface area contributed by atoms with E-state index in [9.17, 15) is 9.59 Å². The Morgan fingerprint density at radius 1 is 1.12 bits per heavy atom. The monoisotopic (exact) mass is 558 g/mol. The summed E-state index contributed by atoms with van der Waals surface area (Å²) in [5.41, 5.74) is 4.64. The third-order valence-electron chi connectivity index (χ3n) is 4.62. The predicted molar refractivity (Wildman–Crippen MR) is 139 cm³/mol. The number of thiocarbonyl (C=S) groups is 1. The lowest BCUT2D eigenvalue weighted by molar-refractivity contribution is -0.123. The molecule has 1 N–H and O–H groups in total. The van der Waals surface area contributed by atoms with Crippen molar-refractivity contribution in [2.75, 3.05) is 0 Å². The second-order valence-corrected chi connectivity index (χ2v) is 9.92. The molecule has 1 aliphatic rings. The summed E-state index contributed by atoms with van der Waals surface area (Å²) >= 11 is 15.9. The van der Waals surface area contributed by atoms with Crippen LogP contribution in [0.2, 0.25) is 5.02 Å². The summed E-state index contributed by atoms with van der Waals surface area (Å²) < 4.78 is 6.96. The SMILES string of the molecule is O=C(NN1C(=O)/C(=C\c2cccc(OCc3ccccc3Cl)c2)SC1=S)c1ccc(Br)cc1. The summed E-state index contributed by atoms with van der Waals surface area (Å²) in [7, 11) is 0. The molecule has 0 aromatic heterocycles. The zero-order valence-corrected chi connectivity index (χ0v) is 20.9. The van der Waals surface area contributed by atoms with Crippen molar-refractivity contribution in [2.24, 2.45) is 0 Å². The maximum absolute atomic E-state index is 12.9. The smallest absolute Gasteiger partial charge is 0.285 e. The fraction of sp³-hybridized carbons (Fsp3) is 0.0417. The van der Waals surface area contributed by atoms with Crippen LogP contribution in [0.4, 0.5) is 0 Å². The molecule has 1 fully saturated rings. The molecule has 0 radical (unpaired) electrons. The van der Waals surface area contributed by atoms with Crippen molar-refractivity contribution >= 4 is 73.7 Å². The van der Waals surface area contributed by atoms with E-state index < -0.39 is 11.8 Å². The zero-order valence-electron chi connectivity index (χ0n) is 17.0. The number of thioether (sulfide) groups is 1. The minimum Gasteiger partial charge on any atom is -0.489 e. The number of hydrazine groups is 1. The maximum Gasteiger partial charge on any atom is 0.285 e. The fourth-order valence-corrected chi connectivity index (χ4v) is 4.59. The van der Waals surface area contributed by atoms with E-state index in [1.807, 2.05) is 48.5 Å². The molecule has 0 bridgehead atoms. The molecule has 5 nitrogen and oxygen atoms in total. The normalized spacial score (nSPS) is 14.6. The molecule has 9 heteroatoms. The number of benzene rings is 3. The Kier molecular flexibility index (Phi) is 7.49. The highest BCUT2D eigenvalue weighted by atomic mass is 79.9. The molecule has 3 aromatic rings. The highest BCUT2D eigenvalue weighted by molar-refractivity contribution is 9.10. The Balaban J connectivity index is 1.44. The van der Waals surface area contributed by atoms with Gasteiger partial charge in [0.2, 0.25) is 0 Å². The predicted octanol–water partition coefficient (Wildman–Crippen LogP) is 6.23. The second kappa shape index (κ2) is 10.5. The fourth-order valence-electron chi connectivity index (χ4n) is 2.95. The summed E-state index contributed by atoms with van der Waals surface area (Å²) in [6.07, 6.45) is 1.72. The molecule has 1 heterocycles. The van der Waals surface area contributed by atoms with Crippen molar-refractivity contribution in [3.05, 3.63) is 104 Å². The van der Waals surface area contributed by atoms with Gasteiger partial charge in [-0.25, -0.2) is 0 Å². The third-order valence-corrected chi connectivity index (χ3v) is 6.82. The molecular weight excluding hydrogens is 544 g/mol. The number of nitrogens with zero attached hydrogens (tertiary/aromatic N) is 1. The van der Waals surface area contributed by atoms with Gasteiger partial charge in [-0.2, -0.15) is 5.01 Å². The molecular formula is C24H16BrClN2O3S2. The maximum atomic E-state index is 12.9. The summed E-state index contributed by atoms with van der Waals surface area (Å²) in [6.45, 7) is 0.327. The highest BCUT2D eigenvalue weighted by Gasteiger charge is 2.33. The third kappa shape index (κ3) is 5.83. The zero-order chi connectivity index (χ0) is 23.4. The quantitative estimate of drug-likeness (QED) is 0.287. The molecule has 33 heavy (non-hydrogen) atoms. The number of hydrogen-bond acceptors (Lipinski definition) is 5. The van der Waals surface area contributed by atoms with E-state index in [1.54, 1.807) is 30.3 Å². The number of carbonyl (C=O) groups excluding carboxylic acids is 2. The topological polar surface area (TPSA) is 58.6 Å². The lowest BCUT2D eigenvalue weighted by Crippen LogP contribution is -2.44. The molecule has 0 saturated carbocycles. The largest absolute Gasteiger partial charge is 0.489 e. The Hall–Kier alpha value is -2.65. The Labute approximate surface area is 213 Å². The average Bonchev–Trinajstić information content (AvgIpc) is 3.06. The van der Waals surface area contributed by atoms with Crippen LogP contribution in [0, 0.1) is 0 Å². The molecule has 4 rings (SSSR count). The Morgan fingerprint density at radius 3 is 2.64 bits per heavy atom. The van der Waals surface area contributed by atoms with Crippen molar-refractivity contribution in [3.63, 3.8) is 0 Å². The molecule has 0 spiro atoms. The lowest BCUT2D eigenvalue weighted by Gasteiger charge is -2.15. The number of ether oxygens (including phenoxy) is 1. The molecule has 166 valence electrons. The molecule has 0 aliphatic carbocycles. The number of nitrogens with one attached hydrogen (secondary N) is 1. The van der Waals surface area contributed by atoms with E-state index in [2.05, 4.69) is 21.4 Å². The molecule has 0 atom stereocenters. The molecule has 2 amide bonds. The van der Waals surface area contributed by atoms with Gasteiger partial charge >= 0.3 is 0 Å². The van der Waals surface area contributed by atoms with E-state index in [-0.39, 0.29) is 4.32 Å². The van der Waals surface area contributed by atoms with E-state index in [0.29, 0.717) is 27.8 Å². The van der Waals surface area contributed by atoms with E-state index in [1.165, 1.54) is 0 Å². The molecule has 3 aromatic carbocycles. The first-order chi connectivity index (χ1) is 15.9. The standard InChI is InChI=1S/C24H16BrClN2O3S2/c25-18-10-8-16(9-11-18)22(29)27-28-23(30)21(33-24(28)32)13-15-4-3-6-19(12-15)31-14-17-5-1-2-7-20(17)26/h1-13H,14H2,(H,27,29)/b21-13+. The summed E-state index contributed by atoms with van der Waals surface area (Å²) in [5, 5.41) is 1.73. The van der Waals surface area contributed by atoms with Gasteiger partial charge in [-0.1, -0.05) is 69.6 Å². The molecule has 1 saturated heterocycles. The van der Waals surface area contributed by atoms with Crippen LogP contribution >= 0.6 is 51.5 Å². The first-order valence-electron chi connectivity index (χ1n) is 9.71. The first kappa shape index (κ1) is 23.5. The Bertz CT molecular complexity index is 1260. The van der Waals surface area contributed by atoms with Crippen LogP contribution in [0.25, 0.3) is 6.08 Å². The van der Waals surface area contributed by atoms with Crippen LogP contribution in [0.3, 0.4) is 0 Å². The number of carbonyl (C=O) groups is 2. The van der Waals surface area contributed by atoms with Crippen molar-refractivity contribution in [2.45, 2.75) is 6.61 Å². The van der Waals surface area contributed by atoms with Crippen LogP contribution in [-0.4, -0.2) is 21.1 Å². The van der Waals surface area contributed by atoms with Crippen LogP contribution in [0.5, 0.6) is 5.75 Å². The number of amides is 2. The minimum absolute atomic E-state index is 0.253. The van der Waals surface area contributed by atoms with E-state index in [0.717, 1.165) is 32.4 Å². The van der Waals surface area contributed by atoms with Crippen LogP contribution in [-0.2, 0) is 11.4 Å². The van der Waals surface area contributed by atoms with Gasteiger partial charge in [-0.15, -0.1) is 0 Å². The van der Waals surface area contributed by atoms with Crippen LogP contribution in [0.1, 0.15) is 21.5 Å². The minimum atomic E-state index is -0.421. The molecule has 0 unspecified atom stereocenters. The van der Waals surface area contributed by atoms with Crippen molar-refractivity contribution in [1.82, 2.24) is 10.4 Å². The van der Waals surface area contributed by atoms with Gasteiger partial charge < -0.3 is 4.74 Å². The van der Waals surface area contributed by atoms with Gasteiger partial charge in [-0.05, 0) is 66.3 Å². The summed E-state index contributed by atoms with van der Waals surface area (Å²) in [4.78, 5) is 25.7. The molecule has 1 aliphatic heterocycles. The van der Waals surface area contributed by atoms with Crippen LogP contribution in [0.15, 0.2) is 82.2 Å². The van der Waals surface area contributed by atoms with Crippen molar-refractivity contribution < 1.29 is 14.3 Å². The summed E-state index contributed by atoms with van der Waals surface area (Å²) in [5.74, 6) is -0.171. The van der Waals surface area contributed by atoms with E-state index in [4.69, 9.17) is 28.6 Å². The van der Waals surface area contributed by atoms with E-state index >= 15 is 0 Å².